The second kappa shape index (κ2) is 9.75. The van der Waals surface area contributed by atoms with Gasteiger partial charge >= 0.3 is 0 Å². The fraction of sp³-hybridized carbons (Fsp3) is 0.409. The van der Waals surface area contributed by atoms with E-state index in [4.69, 9.17) is 0 Å². The molecule has 0 N–H and O–H groups in total. The minimum atomic E-state index is 0. The molecule has 2 aromatic rings. The van der Waals surface area contributed by atoms with E-state index in [1.807, 2.05) is 11.0 Å². The van der Waals surface area contributed by atoms with Crippen molar-refractivity contribution in [3.8, 4) is 0 Å². The van der Waals surface area contributed by atoms with Crippen LogP contribution in [0.2, 0.25) is 0 Å². The summed E-state index contributed by atoms with van der Waals surface area (Å²) >= 11 is 0. The zero-order valence-electron chi connectivity index (χ0n) is 15.7. The molecular weight excluding hydrogens is 344 g/mol. The molecule has 4 heteroatoms. The third kappa shape index (κ3) is 5.33. The Morgan fingerprint density at radius 1 is 1.08 bits per heavy atom. The molecule has 3 rings (SSSR count). The summed E-state index contributed by atoms with van der Waals surface area (Å²) in [4.78, 5) is 16.8. The van der Waals surface area contributed by atoms with E-state index in [-0.39, 0.29) is 18.3 Å². The van der Waals surface area contributed by atoms with Crippen molar-refractivity contribution in [1.82, 2.24) is 4.90 Å². The molecule has 0 saturated carbocycles. The van der Waals surface area contributed by atoms with E-state index in [9.17, 15) is 4.79 Å². The predicted molar refractivity (Wildman–Crippen MR) is 111 cm³/mol. The Morgan fingerprint density at radius 3 is 2.38 bits per heavy atom. The topological polar surface area (TPSA) is 23.6 Å². The van der Waals surface area contributed by atoms with E-state index in [1.165, 1.54) is 11.1 Å². The minimum Gasteiger partial charge on any atom is -0.310 e. The molecule has 0 aliphatic carbocycles. The molecule has 1 aliphatic rings. The molecule has 0 unspecified atom stereocenters. The van der Waals surface area contributed by atoms with Gasteiger partial charge in [-0.25, -0.2) is 0 Å². The van der Waals surface area contributed by atoms with Gasteiger partial charge in [0.25, 0.3) is 0 Å². The molecule has 1 amide bonds. The number of hydrogen-bond donors (Lipinski definition) is 0. The van der Waals surface area contributed by atoms with Crippen LogP contribution in [-0.4, -0.2) is 36.5 Å². The van der Waals surface area contributed by atoms with E-state index in [2.05, 4.69) is 60.4 Å². The molecule has 1 fully saturated rings. The smallest absolute Gasteiger partial charge is 0.224 e. The molecule has 0 bridgehead atoms. The molecule has 0 radical (unpaired) electrons. The minimum absolute atomic E-state index is 0. The van der Waals surface area contributed by atoms with Crippen LogP contribution in [0.15, 0.2) is 54.6 Å². The number of anilines is 1. The van der Waals surface area contributed by atoms with Crippen molar-refractivity contribution in [2.75, 3.05) is 24.5 Å². The van der Waals surface area contributed by atoms with Crippen LogP contribution < -0.4 is 4.90 Å². The number of halogens is 1. The summed E-state index contributed by atoms with van der Waals surface area (Å²) in [6.45, 7) is 6.99. The molecule has 1 aliphatic heterocycles. The van der Waals surface area contributed by atoms with Crippen molar-refractivity contribution in [2.24, 2.45) is 0 Å². The summed E-state index contributed by atoms with van der Waals surface area (Å²) < 4.78 is 0. The lowest BCUT2D eigenvalue weighted by Gasteiger charge is -2.38. The van der Waals surface area contributed by atoms with Gasteiger partial charge in [-0.15, -0.1) is 12.4 Å². The Kier molecular flexibility index (Phi) is 7.67. The summed E-state index contributed by atoms with van der Waals surface area (Å²) in [5.74, 6) is 0.147. The maximum atomic E-state index is 12.3. The third-order valence-corrected chi connectivity index (χ3v) is 5.10. The number of carbonyl (C=O) groups is 1. The van der Waals surface area contributed by atoms with E-state index < -0.39 is 0 Å². The largest absolute Gasteiger partial charge is 0.310 e. The maximum absolute atomic E-state index is 12.3. The average Bonchev–Trinajstić information content (AvgIpc) is 2.62. The van der Waals surface area contributed by atoms with Crippen molar-refractivity contribution < 1.29 is 4.79 Å². The lowest BCUT2D eigenvalue weighted by molar-refractivity contribution is -0.117. The van der Waals surface area contributed by atoms with Gasteiger partial charge in [0.05, 0.1) is 0 Å². The van der Waals surface area contributed by atoms with E-state index >= 15 is 0 Å². The van der Waals surface area contributed by atoms with Crippen molar-refractivity contribution in [2.45, 2.75) is 39.2 Å². The van der Waals surface area contributed by atoms with Gasteiger partial charge in [-0.3, -0.25) is 4.79 Å². The van der Waals surface area contributed by atoms with Crippen LogP contribution in [0.4, 0.5) is 5.69 Å². The van der Waals surface area contributed by atoms with Gasteiger partial charge in [-0.1, -0.05) is 42.5 Å². The lowest BCUT2D eigenvalue weighted by Crippen LogP contribution is -2.47. The fourth-order valence-corrected chi connectivity index (χ4v) is 3.76. The highest BCUT2D eigenvalue weighted by Crippen LogP contribution is 2.25. The summed E-state index contributed by atoms with van der Waals surface area (Å²) in [7, 11) is 0. The normalized spacial score (nSPS) is 15.3. The van der Waals surface area contributed by atoms with Crippen molar-refractivity contribution in [3.05, 3.63) is 65.7 Å². The van der Waals surface area contributed by atoms with Crippen LogP contribution >= 0.6 is 12.4 Å². The van der Waals surface area contributed by atoms with Gasteiger partial charge in [0.15, 0.2) is 0 Å². The highest BCUT2D eigenvalue weighted by Gasteiger charge is 2.27. The summed E-state index contributed by atoms with van der Waals surface area (Å²) in [6, 6.07) is 19.3. The fourth-order valence-electron chi connectivity index (χ4n) is 3.76. The van der Waals surface area contributed by atoms with Crippen molar-refractivity contribution in [1.29, 1.82) is 0 Å². The number of rotatable bonds is 5. The molecule has 26 heavy (non-hydrogen) atoms. The number of aryl methyl sites for hydroxylation is 1. The van der Waals surface area contributed by atoms with Crippen molar-refractivity contribution in [3.63, 3.8) is 0 Å². The number of amides is 1. The van der Waals surface area contributed by atoms with Gasteiger partial charge in [0.1, 0.15) is 0 Å². The lowest BCUT2D eigenvalue weighted by atomic mass is 10.0. The van der Waals surface area contributed by atoms with Gasteiger partial charge in [0, 0.05) is 38.3 Å². The third-order valence-electron chi connectivity index (χ3n) is 5.10. The molecule has 0 atom stereocenters. The van der Waals surface area contributed by atoms with E-state index in [1.54, 1.807) is 6.92 Å². The standard InChI is InChI=1S/C22H28N2O.ClH/c1-18-7-6-10-22(17-18)24(19(2)25)21-12-15-23(16-13-21)14-11-20-8-4-3-5-9-20;/h3-10,17,21H,11-16H2,1-2H3;1H. The predicted octanol–water partition coefficient (Wildman–Crippen LogP) is 4.48. The molecule has 1 heterocycles. The SMILES string of the molecule is CC(=O)N(c1cccc(C)c1)C1CCN(CCc2ccccc2)CC1.Cl. The van der Waals surface area contributed by atoms with Gasteiger partial charge in [0.2, 0.25) is 5.91 Å². The number of likely N-dealkylation sites (tertiary alicyclic amines) is 1. The van der Waals surface area contributed by atoms with Crippen LogP contribution in [-0.2, 0) is 11.2 Å². The Hall–Kier alpha value is -1.84. The van der Waals surface area contributed by atoms with Gasteiger partial charge in [-0.2, -0.15) is 0 Å². The molecular formula is C22H29ClN2O. The number of carbonyl (C=O) groups excluding carboxylic acids is 1. The highest BCUT2D eigenvalue weighted by molar-refractivity contribution is 5.92. The van der Waals surface area contributed by atoms with Crippen LogP contribution in [0.5, 0.6) is 0 Å². The Balaban J connectivity index is 0.00000243. The first kappa shape index (κ1) is 20.5. The molecule has 3 nitrogen and oxygen atoms in total. The first-order valence-electron chi connectivity index (χ1n) is 9.26. The molecule has 140 valence electrons. The summed E-state index contributed by atoms with van der Waals surface area (Å²) in [6.07, 6.45) is 3.18. The van der Waals surface area contributed by atoms with Crippen LogP contribution in [0.25, 0.3) is 0 Å². The molecule has 1 saturated heterocycles. The maximum Gasteiger partial charge on any atom is 0.224 e. The second-order valence-corrected chi connectivity index (χ2v) is 7.04. The van der Waals surface area contributed by atoms with Crippen LogP contribution in [0, 0.1) is 6.92 Å². The zero-order chi connectivity index (χ0) is 17.6. The Labute approximate surface area is 163 Å². The van der Waals surface area contributed by atoms with Crippen molar-refractivity contribution >= 4 is 24.0 Å². The molecule has 0 spiro atoms. The van der Waals surface area contributed by atoms with E-state index in [0.717, 1.165) is 44.6 Å². The molecule has 2 aromatic carbocycles. The number of hydrogen-bond acceptors (Lipinski definition) is 2. The number of benzene rings is 2. The first-order chi connectivity index (χ1) is 12.1. The average molecular weight is 373 g/mol. The highest BCUT2D eigenvalue weighted by atomic mass is 35.5. The molecule has 0 aromatic heterocycles. The van der Waals surface area contributed by atoms with Crippen LogP contribution in [0.3, 0.4) is 0 Å². The summed E-state index contributed by atoms with van der Waals surface area (Å²) in [5.41, 5.74) is 3.63. The zero-order valence-corrected chi connectivity index (χ0v) is 16.5. The number of nitrogens with zero attached hydrogens (tertiary/aromatic N) is 2. The number of piperidine rings is 1. The van der Waals surface area contributed by atoms with Crippen LogP contribution in [0.1, 0.15) is 30.9 Å². The Morgan fingerprint density at radius 2 is 1.77 bits per heavy atom. The Bertz CT molecular complexity index is 696. The second-order valence-electron chi connectivity index (χ2n) is 7.04. The first-order valence-corrected chi connectivity index (χ1v) is 9.26. The van der Waals surface area contributed by atoms with Gasteiger partial charge < -0.3 is 9.80 Å². The quantitative estimate of drug-likeness (QED) is 0.772. The van der Waals surface area contributed by atoms with Gasteiger partial charge in [-0.05, 0) is 49.4 Å². The van der Waals surface area contributed by atoms with E-state index in [0.29, 0.717) is 6.04 Å². The summed E-state index contributed by atoms with van der Waals surface area (Å²) in [5, 5.41) is 0. The monoisotopic (exact) mass is 372 g/mol.